The van der Waals surface area contributed by atoms with Gasteiger partial charge in [-0.05, 0) is 19.4 Å². The molecule has 1 atom stereocenters. The van der Waals surface area contributed by atoms with Crippen molar-refractivity contribution in [2.24, 2.45) is 7.05 Å². The van der Waals surface area contributed by atoms with Gasteiger partial charge in [-0.1, -0.05) is 11.6 Å². The highest BCUT2D eigenvalue weighted by molar-refractivity contribution is 6.33. The predicted octanol–water partition coefficient (Wildman–Crippen LogP) is 1.37. The van der Waals surface area contributed by atoms with Crippen LogP contribution in [0, 0.1) is 0 Å². The Morgan fingerprint density at radius 1 is 1.45 bits per heavy atom. The highest BCUT2D eigenvalue weighted by atomic mass is 35.5. The molecular weight excluding hydrogens is 306 g/mol. The number of carbonyl (C=O) groups excluding carboxylic acids is 1. The topological polar surface area (TPSA) is 76.2 Å². The van der Waals surface area contributed by atoms with Crippen molar-refractivity contribution in [2.75, 3.05) is 6.54 Å². The van der Waals surface area contributed by atoms with Crippen molar-refractivity contribution in [1.82, 2.24) is 24.5 Å². The minimum absolute atomic E-state index is 0.141. The summed E-state index contributed by atoms with van der Waals surface area (Å²) in [6.07, 6.45) is 1.66. The largest absolute Gasteiger partial charge is 0.387 e. The number of hydrogen-bond acceptors (Lipinski definition) is 4. The van der Waals surface area contributed by atoms with Crippen LogP contribution in [0.2, 0.25) is 5.02 Å². The van der Waals surface area contributed by atoms with Crippen LogP contribution in [0.1, 0.15) is 41.3 Å². The predicted molar refractivity (Wildman–Crippen MR) is 80.4 cm³/mol. The fraction of sp³-hybridized carbons (Fsp3) is 0.500. The van der Waals surface area contributed by atoms with Gasteiger partial charge in [-0.3, -0.25) is 14.2 Å². The Kier molecular flexibility index (Phi) is 3.92. The van der Waals surface area contributed by atoms with E-state index in [0.717, 1.165) is 18.7 Å². The van der Waals surface area contributed by atoms with Crippen LogP contribution in [0.15, 0.2) is 12.3 Å². The lowest BCUT2D eigenvalue weighted by Gasteiger charge is -2.20. The van der Waals surface area contributed by atoms with E-state index in [1.54, 1.807) is 18.9 Å². The minimum Gasteiger partial charge on any atom is -0.387 e. The number of aliphatic hydroxyl groups is 1. The van der Waals surface area contributed by atoms with E-state index in [0.29, 0.717) is 29.5 Å². The van der Waals surface area contributed by atoms with Gasteiger partial charge in [0.15, 0.2) is 0 Å². The summed E-state index contributed by atoms with van der Waals surface area (Å²) in [6, 6.07) is 1.85. The van der Waals surface area contributed by atoms with Gasteiger partial charge in [0.2, 0.25) is 0 Å². The van der Waals surface area contributed by atoms with Gasteiger partial charge in [0.05, 0.1) is 35.3 Å². The van der Waals surface area contributed by atoms with Crippen molar-refractivity contribution < 1.29 is 9.90 Å². The van der Waals surface area contributed by atoms with Crippen LogP contribution in [-0.2, 0) is 20.1 Å². The Bertz CT molecular complexity index is 687. The van der Waals surface area contributed by atoms with Crippen LogP contribution < -0.4 is 0 Å². The zero-order valence-electron chi connectivity index (χ0n) is 12.5. The SMILES string of the molecule is C[C@@H](O)c1cc2n(n1)CCCN(C(=O)c1c(Cl)cnn1C)C2. The van der Waals surface area contributed by atoms with Crippen molar-refractivity contribution in [2.45, 2.75) is 32.5 Å². The summed E-state index contributed by atoms with van der Waals surface area (Å²) < 4.78 is 3.36. The second kappa shape index (κ2) is 5.73. The molecular formula is C14H18ClN5O2. The van der Waals surface area contributed by atoms with Gasteiger partial charge >= 0.3 is 0 Å². The van der Waals surface area contributed by atoms with Gasteiger partial charge in [-0.2, -0.15) is 10.2 Å². The standard InChI is InChI=1S/C14H18ClN5O2/c1-9(21)12-6-10-8-19(4-3-5-20(10)17-12)14(22)13-11(15)7-16-18(13)2/h6-7,9,21H,3-5,8H2,1-2H3/t9-/m1/s1. The van der Waals surface area contributed by atoms with Gasteiger partial charge in [0.1, 0.15) is 5.69 Å². The molecule has 2 aromatic heterocycles. The van der Waals surface area contributed by atoms with E-state index in [4.69, 9.17) is 11.6 Å². The van der Waals surface area contributed by atoms with Crippen molar-refractivity contribution >= 4 is 17.5 Å². The molecule has 0 unspecified atom stereocenters. The summed E-state index contributed by atoms with van der Waals surface area (Å²) in [5.41, 5.74) is 1.94. The Labute approximate surface area is 133 Å². The maximum Gasteiger partial charge on any atom is 0.274 e. The summed E-state index contributed by atoms with van der Waals surface area (Å²) >= 11 is 6.06. The van der Waals surface area contributed by atoms with Gasteiger partial charge in [0, 0.05) is 20.1 Å². The van der Waals surface area contributed by atoms with E-state index in [1.165, 1.54) is 10.9 Å². The molecule has 0 saturated heterocycles. The van der Waals surface area contributed by atoms with Gasteiger partial charge in [-0.15, -0.1) is 0 Å². The van der Waals surface area contributed by atoms with Gasteiger partial charge < -0.3 is 10.0 Å². The summed E-state index contributed by atoms with van der Waals surface area (Å²) in [6.45, 7) is 3.49. The third kappa shape index (κ3) is 2.62. The fourth-order valence-electron chi connectivity index (χ4n) is 2.66. The number of amides is 1. The van der Waals surface area contributed by atoms with Crippen molar-refractivity contribution in [1.29, 1.82) is 0 Å². The van der Waals surface area contributed by atoms with E-state index in [1.807, 2.05) is 10.7 Å². The summed E-state index contributed by atoms with van der Waals surface area (Å²) in [5, 5.41) is 18.4. The number of fused-ring (bicyclic) bond motifs is 1. The van der Waals surface area contributed by atoms with Crippen LogP contribution in [0.4, 0.5) is 0 Å². The van der Waals surface area contributed by atoms with E-state index >= 15 is 0 Å². The van der Waals surface area contributed by atoms with E-state index in [-0.39, 0.29) is 5.91 Å². The quantitative estimate of drug-likeness (QED) is 0.905. The summed E-state index contributed by atoms with van der Waals surface area (Å²) in [7, 11) is 1.70. The number of carbonyl (C=O) groups is 1. The van der Waals surface area contributed by atoms with Crippen molar-refractivity contribution in [3.63, 3.8) is 0 Å². The molecule has 3 rings (SSSR count). The molecule has 1 aliphatic heterocycles. The molecule has 0 saturated carbocycles. The minimum atomic E-state index is -0.616. The van der Waals surface area contributed by atoms with Gasteiger partial charge in [-0.25, -0.2) is 0 Å². The molecule has 3 heterocycles. The Morgan fingerprint density at radius 3 is 2.86 bits per heavy atom. The van der Waals surface area contributed by atoms with Crippen LogP contribution in [0.25, 0.3) is 0 Å². The second-order valence-electron chi connectivity index (χ2n) is 5.50. The molecule has 0 fully saturated rings. The zero-order chi connectivity index (χ0) is 15.9. The Morgan fingerprint density at radius 2 is 2.23 bits per heavy atom. The van der Waals surface area contributed by atoms with E-state index < -0.39 is 6.10 Å². The average molecular weight is 324 g/mol. The molecule has 2 aromatic rings. The first-order valence-electron chi connectivity index (χ1n) is 7.19. The highest BCUT2D eigenvalue weighted by Crippen LogP contribution is 2.21. The molecule has 0 spiro atoms. The third-order valence-corrected chi connectivity index (χ3v) is 4.12. The molecule has 8 heteroatoms. The Balaban J connectivity index is 1.88. The number of hydrogen-bond donors (Lipinski definition) is 1. The molecule has 0 bridgehead atoms. The smallest absolute Gasteiger partial charge is 0.274 e. The number of halogens is 1. The Hall–Kier alpha value is -1.86. The first-order chi connectivity index (χ1) is 10.5. The molecule has 118 valence electrons. The summed E-state index contributed by atoms with van der Waals surface area (Å²) in [4.78, 5) is 14.5. The second-order valence-corrected chi connectivity index (χ2v) is 5.91. The van der Waals surface area contributed by atoms with E-state index in [2.05, 4.69) is 10.2 Å². The zero-order valence-corrected chi connectivity index (χ0v) is 13.3. The average Bonchev–Trinajstić information content (AvgIpc) is 2.95. The van der Waals surface area contributed by atoms with Crippen molar-refractivity contribution in [3.8, 4) is 0 Å². The lowest BCUT2D eigenvalue weighted by molar-refractivity contribution is 0.0735. The molecule has 0 aromatic carbocycles. The first-order valence-corrected chi connectivity index (χ1v) is 7.56. The molecule has 1 aliphatic rings. The normalized spacial score (nSPS) is 16.3. The molecule has 7 nitrogen and oxygen atoms in total. The first kappa shape index (κ1) is 15.1. The number of rotatable bonds is 2. The summed E-state index contributed by atoms with van der Waals surface area (Å²) in [5.74, 6) is -0.141. The third-order valence-electron chi connectivity index (χ3n) is 3.84. The van der Waals surface area contributed by atoms with Crippen LogP contribution in [-0.4, -0.2) is 42.0 Å². The highest BCUT2D eigenvalue weighted by Gasteiger charge is 2.26. The molecule has 0 aliphatic carbocycles. The molecule has 0 radical (unpaired) electrons. The van der Waals surface area contributed by atoms with Gasteiger partial charge in [0.25, 0.3) is 5.91 Å². The number of nitrogens with zero attached hydrogens (tertiary/aromatic N) is 5. The van der Waals surface area contributed by atoms with Crippen molar-refractivity contribution in [3.05, 3.63) is 34.4 Å². The molecule has 1 N–H and O–H groups in total. The fourth-order valence-corrected chi connectivity index (χ4v) is 2.91. The number of aromatic nitrogens is 4. The lowest BCUT2D eigenvalue weighted by atomic mass is 10.2. The monoisotopic (exact) mass is 323 g/mol. The number of aliphatic hydroxyl groups excluding tert-OH is 1. The van der Waals surface area contributed by atoms with Crippen LogP contribution in [0.3, 0.4) is 0 Å². The molecule has 22 heavy (non-hydrogen) atoms. The lowest BCUT2D eigenvalue weighted by Crippen LogP contribution is -2.32. The maximum atomic E-state index is 12.7. The maximum absolute atomic E-state index is 12.7. The molecule has 1 amide bonds. The van der Waals surface area contributed by atoms with Crippen LogP contribution in [0.5, 0.6) is 0 Å². The number of aryl methyl sites for hydroxylation is 2. The van der Waals surface area contributed by atoms with Crippen LogP contribution >= 0.6 is 11.6 Å². The van der Waals surface area contributed by atoms with E-state index in [9.17, 15) is 9.90 Å².